The van der Waals surface area contributed by atoms with Crippen molar-refractivity contribution < 1.29 is 14.6 Å². The summed E-state index contributed by atoms with van der Waals surface area (Å²) >= 11 is 0. The standard InChI is InChI=1S/C8H13NO3/c1-6(5-9)4-7(10)8(11-2)12-3/h7-8,10H,1,4H2,2-3H3/t7-/m1/s1. The van der Waals surface area contributed by atoms with Crippen molar-refractivity contribution in [2.75, 3.05) is 14.2 Å². The van der Waals surface area contributed by atoms with E-state index >= 15 is 0 Å². The normalized spacial score (nSPS) is 12.6. The number of ether oxygens (including phenoxy) is 2. The highest BCUT2D eigenvalue weighted by atomic mass is 16.7. The van der Waals surface area contributed by atoms with Crippen LogP contribution in [0.3, 0.4) is 0 Å². The molecule has 0 heterocycles. The van der Waals surface area contributed by atoms with Crippen molar-refractivity contribution in [2.45, 2.75) is 18.8 Å². The van der Waals surface area contributed by atoms with Gasteiger partial charge in [0.15, 0.2) is 6.29 Å². The smallest absolute Gasteiger partial charge is 0.183 e. The maximum Gasteiger partial charge on any atom is 0.183 e. The van der Waals surface area contributed by atoms with E-state index in [2.05, 4.69) is 6.58 Å². The lowest BCUT2D eigenvalue weighted by atomic mass is 10.1. The Morgan fingerprint density at radius 2 is 2.08 bits per heavy atom. The van der Waals surface area contributed by atoms with Gasteiger partial charge in [-0.1, -0.05) is 6.58 Å². The number of rotatable bonds is 5. The Morgan fingerprint density at radius 1 is 1.58 bits per heavy atom. The van der Waals surface area contributed by atoms with Crippen molar-refractivity contribution in [3.8, 4) is 6.07 Å². The second-order valence-electron chi connectivity index (χ2n) is 2.33. The minimum absolute atomic E-state index is 0.169. The lowest BCUT2D eigenvalue weighted by Gasteiger charge is -2.18. The highest BCUT2D eigenvalue weighted by Crippen LogP contribution is 2.08. The van der Waals surface area contributed by atoms with Crippen LogP contribution in [-0.4, -0.2) is 31.7 Å². The number of hydrogen-bond donors (Lipinski definition) is 1. The molecule has 0 aliphatic carbocycles. The number of aliphatic hydroxyl groups is 1. The number of nitriles is 1. The van der Waals surface area contributed by atoms with Gasteiger partial charge >= 0.3 is 0 Å². The van der Waals surface area contributed by atoms with Crippen LogP contribution in [0.15, 0.2) is 12.2 Å². The Labute approximate surface area is 72.0 Å². The number of nitrogens with zero attached hydrogens (tertiary/aromatic N) is 1. The maximum absolute atomic E-state index is 9.35. The summed E-state index contributed by atoms with van der Waals surface area (Å²) < 4.78 is 9.57. The van der Waals surface area contributed by atoms with Crippen LogP contribution in [0.5, 0.6) is 0 Å². The van der Waals surface area contributed by atoms with Gasteiger partial charge in [-0.15, -0.1) is 0 Å². The molecule has 0 radical (unpaired) electrons. The van der Waals surface area contributed by atoms with Crippen LogP contribution in [0.2, 0.25) is 0 Å². The molecule has 1 N–H and O–H groups in total. The molecule has 0 rings (SSSR count). The van der Waals surface area contributed by atoms with Gasteiger partial charge in [-0.2, -0.15) is 5.26 Å². The molecule has 0 saturated heterocycles. The Morgan fingerprint density at radius 3 is 2.42 bits per heavy atom. The molecule has 0 saturated carbocycles. The Kier molecular flexibility index (Phi) is 5.30. The van der Waals surface area contributed by atoms with Gasteiger partial charge in [0.05, 0.1) is 6.07 Å². The largest absolute Gasteiger partial charge is 0.387 e. The second-order valence-corrected chi connectivity index (χ2v) is 2.33. The first-order valence-electron chi connectivity index (χ1n) is 3.47. The molecule has 0 spiro atoms. The second kappa shape index (κ2) is 5.72. The van der Waals surface area contributed by atoms with E-state index in [9.17, 15) is 5.11 Å². The summed E-state index contributed by atoms with van der Waals surface area (Å²) in [6.07, 6.45) is -1.37. The van der Waals surface area contributed by atoms with E-state index in [1.54, 1.807) is 0 Å². The summed E-state index contributed by atoms with van der Waals surface area (Å²) in [5.41, 5.74) is 0.307. The van der Waals surface area contributed by atoms with E-state index in [1.807, 2.05) is 6.07 Å². The first kappa shape index (κ1) is 11.1. The van der Waals surface area contributed by atoms with Crippen molar-refractivity contribution in [2.24, 2.45) is 0 Å². The number of methoxy groups -OCH3 is 2. The van der Waals surface area contributed by atoms with Crippen molar-refractivity contribution in [1.29, 1.82) is 5.26 Å². The molecule has 4 heteroatoms. The molecule has 1 atom stereocenters. The highest BCUT2D eigenvalue weighted by molar-refractivity contribution is 5.16. The monoisotopic (exact) mass is 171 g/mol. The van der Waals surface area contributed by atoms with Crippen LogP contribution in [0.25, 0.3) is 0 Å². The molecule has 0 aromatic carbocycles. The quantitative estimate of drug-likeness (QED) is 0.481. The van der Waals surface area contributed by atoms with Gasteiger partial charge in [0.2, 0.25) is 0 Å². The lowest BCUT2D eigenvalue weighted by Crippen LogP contribution is -2.29. The average Bonchev–Trinajstić information content (AvgIpc) is 2.06. The van der Waals surface area contributed by atoms with Crippen molar-refractivity contribution in [3.63, 3.8) is 0 Å². The van der Waals surface area contributed by atoms with Gasteiger partial charge in [-0.05, 0) is 0 Å². The molecule has 0 aliphatic rings. The SMILES string of the molecule is C=C(C#N)C[C@@H](O)C(OC)OC. The van der Waals surface area contributed by atoms with Crippen LogP contribution in [0.4, 0.5) is 0 Å². The molecule has 0 aliphatic heterocycles. The molecule has 12 heavy (non-hydrogen) atoms. The fraction of sp³-hybridized carbons (Fsp3) is 0.625. The molecule has 0 amide bonds. The molecular weight excluding hydrogens is 158 g/mol. The van der Waals surface area contributed by atoms with Gasteiger partial charge in [0.1, 0.15) is 6.10 Å². The fourth-order valence-corrected chi connectivity index (χ4v) is 0.805. The molecule has 0 bridgehead atoms. The first-order chi connectivity index (χ1) is 5.65. The minimum Gasteiger partial charge on any atom is -0.387 e. The molecule has 0 aromatic rings. The third-order valence-electron chi connectivity index (χ3n) is 1.39. The van der Waals surface area contributed by atoms with Gasteiger partial charge in [0.25, 0.3) is 0 Å². The van der Waals surface area contributed by atoms with Crippen LogP contribution in [0.1, 0.15) is 6.42 Å². The zero-order valence-corrected chi connectivity index (χ0v) is 7.28. The van der Waals surface area contributed by atoms with E-state index < -0.39 is 12.4 Å². The van der Waals surface area contributed by atoms with Gasteiger partial charge < -0.3 is 14.6 Å². The van der Waals surface area contributed by atoms with E-state index in [-0.39, 0.29) is 6.42 Å². The Bertz CT molecular complexity index is 181. The molecular formula is C8H13NO3. The fourth-order valence-electron chi connectivity index (χ4n) is 0.805. The summed E-state index contributed by atoms with van der Waals surface area (Å²) in [6.45, 7) is 3.43. The third kappa shape index (κ3) is 3.49. The summed E-state index contributed by atoms with van der Waals surface area (Å²) in [5.74, 6) is 0. The van der Waals surface area contributed by atoms with E-state index in [1.165, 1.54) is 14.2 Å². The van der Waals surface area contributed by atoms with Gasteiger partial charge in [-0.25, -0.2) is 0 Å². The summed E-state index contributed by atoms with van der Waals surface area (Å²) in [5, 5.41) is 17.7. The zero-order chi connectivity index (χ0) is 9.56. The highest BCUT2D eigenvalue weighted by Gasteiger charge is 2.18. The molecule has 68 valence electrons. The van der Waals surface area contributed by atoms with Crippen molar-refractivity contribution >= 4 is 0 Å². The maximum atomic E-state index is 9.35. The van der Waals surface area contributed by atoms with Crippen LogP contribution in [-0.2, 0) is 9.47 Å². The van der Waals surface area contributed by atoms with Gasteiger partial charge in [-0.3, -0.25) is 0 Å². The molecule has 4 nitrogen and oxygen atoms in total. The lowest BCUT2D eigenvalue weighted by molar-refractivity contribution is -0.163. The number of hydrogen-bond acceptors (Lipinski definition) is 4. The van der Waals surface area contributed by atoms with Gasteiger partial charge in [0, 0.05) is 26.2 Å². The summed E-state index contributed by atoms with van der Waals surface area (Å²) in [6, 6.07) is 1.83. The molecule has 0 unspecified atom stereocenters. The summed E-state index contributed by atoms with van der Waals surface area (Å²) in [4.78, 5) is 0. The minimum atomic E-state index is -0.841. The van der Waals surface area contributed by atoms with Crippen molar-refractivity contribution in [3.05, 3.63) is 12.2 Å². The predicted octanol–water partition coefficient (Wildman–Crippen LogP) is 0.436. The first-order valence-corrected chi connectivity index (χ1v) is 3.47. The molecule has 0 aromatic heterocycles. The van der Waals surface area contributed by atoms with E-state index in [0.29, 0.717) is 5.57 Å². The van der Waals surface area contributed by atoms with E-state index in [0.717, 1.165) is 0 Å². The van der Waals surface area contributed by atoms with Crippen LogP contribution in [0, 0.1) is 11.3 Å². The average molecular weight is 171 g/mol. The number of aliphatic hydroxyl groups excluding tert-OH is 1. The Balaban J connectivity index is 3.93. The third-order valence-corrected chi connectivity index (χ3v) is 1.39. The summed E-state index contributed by atoms with van der Waals surface area (Å²) in [7, 11) is 2.85. The molecule has 0 fully saturated rings. The zero-order valence-electron chi connectivity index (χ0n) is 7.28. The van der Waals surface area contributed by atoms with Crippen LogP contribution < -0.4 is 0 Å². The predicted molar refractivity (Wildman–Crippen MR) is 43.2 cm³/mol. The van der Waals surface area contributed by atoms with E-state index in [4.69, 9.17) is 14.7 Å². The van der Waals surface area contributed by atoms with Crippen LogP contribution >= 0.6 is 0 Å². The Hall–Kier alpha value is -0.890. The topological polar surface area (TPSA) is 62.5 Å². The van der Waals surface area contributed by atoms with Crippen molar-refractivity contribution in [1.82, 2.24) is 0 Å².